The Kier molecular flexibility index (Phi) is 3.03. The molecule has 5 heteroatoms. The van der Waals surface area contributed by atoms with Crippen molar-refractivity contribution in [2.24, 2.45) is 0 Å². The minimum Gasteiger partial charge on any atom is -0.434 e. The molecular formula is C8H6ClF3O. The van der Waals surface area contributed by atoms with Crippen LogP contribution in [0.2, 0.25) is 5.02 Å². The van der Waals surface area contributed by atoms with E-state index in [-0.39, 0.29) is 16.3 Å². The molecule has 0 radical (unpaired) electrons. The van der Waals surface area contributed by atoms with Gasteiger partial charge in [0.25, 0.3) is 0 Å². The normalized spacial score (nSPS) is 10.6. The first-order chi connectivity index (χ1) is 6.00. The number of ether oxygens (including phenoxy) is 1. The van der Waals surface area contributed by atoms with E-state index >= 15 is 0 Å². The maximum absolute atomic E-state index is 12.7. The number of rotatable bonds is 2. The maximum atomic E-state index is 12.7. The molecule has 0 N–H and O–H groups in total. The maximum Gasteiger partial charge on any atom is 0.387 e. The summed E-state index contributed by atoms with van der Waals surface area (Å²) in [5.74, 6) is -0.762. The van der Waals surface area contributed by atoms with Crippen LogP contribution < -0.4 is 4.74 Å². The number of hydrogen-bond donors (Lipinski definition) is 0. The largest absolute Gasteiger partial charge is 0.434 e. The fourth-order valence-electron chi connectivity index (χ4n) is 0.851. The van der Waals surface area contributed by atoms with Crippen molar-refractivity contribution in [1.82, 2.24) is 0 Å². The first kappa shape index (κ1) is 10.2. The predicted octanol–water partition coefficient (Wildman–Crippen LogP) is 3.39. The van der Waals surface area contributed by atoms with Crippen LogP contribution >= 0.6 is 11.6 Å². The topological polar surface area (TPSA) is 9.23 Å². The third-order valence-electron chi connectivity index (χ3n) is 1.43. The fourth-order valence-corrected chi connectivity index (χ4v) is 1.00. The van der Waals surface area contributed by atoms with Gasteiger partial charge in [0.1, 0.15) is 11.6 Å². The summed E-state index contributed by atoms with van der Waals surface area (Å²) in [6.45, 7) is -1.47. The van der Waals surface area contributed by atoms with Gasteiger partial charge in [-0.1, -0.05) is 11.6 Å². The minimum atomic E-state index is -2.93. The molecule has 0 fully saturated rings. The van der Waals surface area contributed by atoms with Gasteiger partial charge in [-0.15, -0.1) is 0 Å². The lowest BCUT2D eigenvalue weighted by molar-refractivity contribution is -0.0503. The van der Waals surface area contributed by atoms with Crippen LogP contribution in [0, 0.1) is 12.7 Å². The van der Waals surface area contributed by atoms with Crippen LogP contribution in [0.25, 0.3) is 0 Å². The Labute approximate surface area is 78.1 Å². The van der Waals surface area contributed by atoms with Gasteiger partial charge in [-0.3, -0.25) is 0 Å². The second kappa shape index (κ2) is 3.87. The molecule has 1 nitrogen and oxygen atoms in total. The van der Waals surface area contributed by atoms with Gasteiger partial charge in [0.05, 0.1) is 5.02 Å². The van der Waals surface area contributed by atoms with Crippen LogP contribution in [0.4, 0.5) is 13.2 Å². The van der Waals surface area contributed by atoms with Crippen molar-refractivity contribution < 1.29 is 17.9 Å². The van der Waals surface area contributed by atoms with E-state index in [0.717, 1.165) is 12.1 Å². The molecule has 1 rings (SSSR count). The molecule has 0 atom stereocenters. The fraction of sp³-hybridized carbons (Fsp3) is 0.250. The van der Waals surface area contributed by atoms with Gasteiger partial charge in [-0.25, -0.2) is 4.39 Å². The monoisotopic (exact) mass is 210 g/mol. The lowest BCUT2D eigenvalue weighted by Crippen LogP contribution is -2.03. The third kappa shape index (κ3) is 2.52. The van der Waals surface area contributed by atoms with Crippen molar-refractivity contribution in [3.63, 3.8) is 0 Å². The zero-order valence-electron chi connectivity index (χ0n) is 6.65. The van der Waals surface area contributed by atoms with E-state index in [1.54, 1.807) is 0 Å². The summed E-state index contributed by atoms with van der Waals surface area (Å²) in [5.41, 5.74) is 0.280. The minimum absolute atomic E-state index is 0.110. The van der Waals surface area contributed by atoms with E-state index in [0.29, 0.717) is 0 Å². The molecule has 0 aliphatic carbocycles. The van der Waals surface area contributed by atoms with Crippen molar-refractivity contribution in [3.8, 4) is 5.75 Å². The number of hydrogen-bond acceptors (Lipinski definition) is 1. The van der Waals surface area contributed by atoms with E-state index in [1.165, 1.54) is 6.92 Å². The molecule has 0 aromatic heterocycles. The van der Waals surface area contributed by atoms with Gasteiger partial charge in [0.2, 0.25) is 0 Å². The first-order valence-corrected chi connectivity index (χ1v) is 3.79. The average Bonchev–Trinajstić information content (AvgIpc) is 1.99. The summed E-state index contributed by atoms with van der Waals surface area (Å²) in [6, 6.07) is 2.07. The second-order valence-electron chi connectivity index (χ2n) is 2.41. The standard InChI is InChI=1S/C8H6ClF3O/c1-4-2-6(10)5(9)3-7(4)13-8(11)12/h2-3,8H,1H3. The van der Waals surface area contributed by atoms with Gasteiger partial charge < -0.3 is 4.74 Å². The van der Waals surface area contributed by atoms with Crippen molar-refractivity contribution in [2.75, 3.05) is 0 Å². The van der Waals surface area contributed by atoms with Crippen LogP contribution in [0.15, 0.2) is 12.1 Å². The molecule has 13 heavy (non-hydrogen) atoms. The Morgan fingerprint density at radius 1 is 1.38 bits per heavy atom. The second-order valence-corrected chi connectivity index (χ2v) is 2.82. The Morgan fingerprint density at radius 3 is 2.54 bits per heavy atom. The summed E-state index contributed by atoms with van der Waals surface area (Å²) < 4.78 is 40.4. The van der Waals surface area contributed by atoms with Gasteiger partial charge >= 0.3 is 6.61 Å². The van der Waals surface area contributed by atoms with E-state index in [9.17, 15) is 13.2 Å². The zero-order valence-corrected chi connectivity index (χ0v) is 7.41. The molecule has 0 unspecified atom stereocenters. The van der Waals surface area contributed by atoms with Crippen molar-refractivity contribution in [2.45, 2.75) is 13.5 Å². The smallest absolute Gasteiger partial charge is 0.387 e. The van der Waals surface area contributed by atoms with Gasteiger partial charge in [-0.2, -0.15) is 8.78 Å². The lowest BCUT2D eigenvalue weighted by Gasteiger charge is -2.08. The molecule has 0 bridgehead atoms. The molecule has 0 heterocycles. The first-order valence-electron chi connectivity index (χ1n) is 3.41. The van der Waals surface area contributed by atoms with E-state index in [2.05, 4.69) is 4.74 Å². The summed E-state index contributed by atoms with van der Waals surface area (Å²) in [4.78, 5) is 0. The quantitative estimate of drug-likeness (QED) is 0.727. The Morgan fingerprint density at radius 2 is 2.00 bits per heavy atom. The number of halogens is 4. The van der Waals surface area contributed by atoms with Crippen LogP contribution in [0.5, 0.6) is 5.75 Å². The highest BCUT2D eigenvalue weighted by Gasteiger charge is 2.10. The molecule has 1 aromatic carbocycles. The molecule has 0 saturated heterocycles. The molecule has 0 aliphatic rings. The van der Waals surface area contributed by atoms with Crippen molar-refractivity contribution in [1.29, 1.82) is 0 Å². The number of benzene rings is 1. The zero-order chi connectivity index (χ0) is 10.0. The van der Waals surface area contributed by atoms with E-state index in [4.69, 9.17) is 11.6 Å². The molecule has 0 amide bonds. The van der Waals surface area contributed by atoms with Crippen LogP contribution in [0.3, 0.4) is 0 Å². The van der Waals surface area contributed by atoms with Crippen molar-refractivity contribution >= 4 is 11.6 Å². The molecule has 0 aliphatic heterocycles. The number of alkyl halides is 2. The average molecular weight is 211 g/mol. The molecule has 0 spiro atoms. The highest BCUT2D eigenvalue weighted by Crippen LogP contribution is 2.26. The summed E-state index contributed by atoms with van der Waals surface area (Å²) in [6.07, 6.45) is 0. The summed E-state index contributed by atoms with van der Waals surface area (Å²) in [7, 11) is 0. The van der Waals surface area contributed by atoms with Crippen LogP contribution in [-0.2, 0) is 0 Å². The summed E-state index contributed by atoms with van der Waals surface area (Å²) in [5, 5.41) is -0.235. The van der Waals surface area contributed by atoms with Gasteiger partial charge in [-0.05, 0) is 18.6 Å². The number of aryl methyl sites for hydroxylation is 1. The Bertz CT molecular complexity index is 315. The van der Waals surface area contributed by atoms with Gasteiger partial charge in [0, 0.05) is 6.07 Å². The Balaban J connectivity index is 3.01. The van der Waals surface area contributed by atoms with Crippen LogP contribution in [0.1, 0.15) is 5.56 Å². The molecule has 1 aromatic rings. The van der Waals surface area contributed by atoms with E-state index in [1.807, 2.05) is 0 Å². The van der Waals surface area contributed by atoms with Crippen molar-refractivity contribution in [3.05, 3.63) is 28.5 Å². The van der Waals surface area contributed by atoms with E-state index < -0.39 is 12.4 Å². The molecule has 72 valence electrons. The van der Waals surface area contributed by atoms with Gasteiger partial charge in [0.15, 0.2) is 0 Å². The lowest BCUT2D eigenvalue weighted by atomic mass is 10.2. The molecule has 0 saturated carbocycles. The Hall–Kier alpha value is -0.900. The highest BCUT2D eigenvalue weighted by atomic mass is 35.5. The highest BCUT2D eigenvalue weighted by molar-refractivity contribution is 6.30. The third-order valence-corrected chi connectivity index (χ3v) is 1.72. The predicted molar refractivity (Wildman–Crippen MR) is 42.8 cm³/mol. The molecular weight excluding hydrogens is 205 g/mol. The SMILES string of the molecule is Cc1cc(F)c(Cl)cc1OC(F)F. The van der Waals surface area contributed by atoms with Crippen LogP contribution in [-0.4, -0.2) is 6.61 Å². The summed E-state index contributed by atoms with van der Waals surface area (Å²) >= 11 is 5.37.